The summed E-state index contributed by atoms with van der Waals surface area (Å²) in [5, 5.41) is 0. The molecule has 1 atom stereocenters. The lowest BCUT2D eigenvalue weighted by Gasteiger charge is -2.10. The Labute approximate surface area is 102 Å². The van der Waals surface area contributed by atoms with E-state index < -0.39 is 0 Å². The predicted octanol–water partition coefficient (Wildman–Crippen LogP) is 2.78. The lowest BCUT2D eigenvalue weighted by Crippen LogP contribution is -2.14. The minimum absolute atomic E-state index is 0.0603. The number of H-pyrrole nitrogens is 1. The Morgan fingerprint density at radius 1 is 1.24 bits per heavy atom. The van der Waals surface area contributed by atoms with Gasteiger partial charge in [-0.25, -0.2) is 4.98 Å². The molecule has 0 spiro atoms. The van der Waals surface area contributed by atoms with E-state index in [4.69, 9.17) is 5.73 Å². The molecule has 0 aliphatic carbocycles. The summed E-state index contributed by atoms with van der Waals surface area (Å²) >= 11 is 0. The Hall–Kier alpha value is -1.61. The second-order valence-corrected chi connectivity index (χ2v) is 4.68. The molecule has 1 aromatic carbocycles. The summed E-state index contributed by atoms with van der Waals surface area (Å²) in [5.74, 6) is 1.42. The van der Waals surface area contributed by atoms with Gasteiger partial charge in [-0.2, -0.15) is 0 Å². The molecule has 2 aromatic rings. The average Bonchev–Trinajstić information content (AvgIpc) is 2.83. The number of aromatic nitrogens is 2. The maximum absolute atomic E-state index is 6.08. The van der Waals surface area contributed by atoms with Gasteiger partial charge in [0, 0.05) is 12.4 Å². The second-order valence-electron chi connectivity index (χ2n) is 4.68. The number of rotatable bonds is 4. The summed E-state index contributed by atoms with van der Waals surface area (Å²) in [6, 6.07) is 8.59. The number of hydrogen-bond acceptors (Lipinski definition) is 2. The van der Waals surface area contributed by atoms with Crippen molar-refractivity contribution < 1.29 is 0 Å². The van der Waals surface area contributed by atoms with Gasteiger partial charge in [0.1, 0.15) is 5.82 Å². The Kier molecular flexibility index (Phi) is 3.59. The monoisotopic (exact) mass is 229 g/mol. The smallest absolute Gasteiger partial charge is 0.123 e. The van der Waals surface area contributed by atoms with Gasteiger partial charge in [-0.3, -0.25) is 0 Å². The minimum atomic E-state index is -0.0603. The first-order chi connectivity index (χ1) is 8.16. The zero-order chi connectivity index (χ0) is 12.3. The topological polar surface area (TPSA) is 54.7 Å². The molecule has 1 aromatic heterocycles. The van der Waals surface area contributed by atoms with Crippen LogP contribution in [0.15, 0.2) is 36.7 Å². The van der Waals surface area contributed by atoms with E-state index in [0.29, 0.717) is 5.92 Å². The van der Waals surface area contributed by atoms with Gasteiger partial charge in [0.05, 0.1) is 6.04 Å². The number of nitrogens with one attached hydrogen (secondary N) is 1. The summed E-state index contributed by atoms with van der Waals surface area (Å²) in [6.45, 7) is 4.40. The lowest BCUT2D eigenvalue weighted by atomic mass is 9.99. The van der Waals surface area contributed by atoms with Crippen LogP contribution in [0.4, 0.5) is 0 Å². The first-order valence-electron chi connectivity index (χ1n) is 6.00. The SMILES string of the molecule is CC(C)c1ccc(CC(N)c2ncc[nH]2)cc1. The number of hydrogen-bond donors (Lipinski definition) is 2. The molecule has 3 N–H and O–H groups in total. The molecule has 3 heteroatoms. The Bertz CT molecular complexity index is 443. The number of imidazole rings is 1. The number of nitrogens with two attached hydrogens (primary N) is 1. The molecule has 0 saturated carbocycles. The molecule has 1 heterocycles. The second kappa shape index (κ2) is 5.15. The third kappa shape index (κ3) is 2.94. The van der Waals surface area contributed by atoms with E-state index in [1.807, 2.05) is 0 Å². The van der Waals surface area contributed by atoms with Gasteiger partial charge in [-0.1, -0.05) is 38.1 Å². The van der Waals surface area contributed by atoms with Gasteiger partial charge in [-0.15, -0.1) is 0 Å². The van der Waals surface area contributed by atoms with Crippen molar-refractivity contribution in [2.24, 2.45) is 5.73 Å². The fourth-order valence-electron chi connectivity index (χ4n) is 1.87. The van der Waals surface area contributed by atoms with Crippen LogP contribution < -0.4 is 5.73 Å². The Balaban J connectivity index is 2.04. The quantitative estimate of drug-likeness (QED) is 0.847. The molecule has 0 aliphatic rings. The van der Waals surface area contributed by atoms with Gasteiger partial charge >= 0.3 is 0 Å². The minimum Gasteiger partial charge on any atom is -0.347 e. The van der Waals surface area contributed by atoms with Crippen molar-refractivity contribution in [1.29, 1.82) is 0 Å². The summed E-state index contributed by atoms with van der Waals surface area (Å²) in [7, 11) is 0. The Morgan fingerprint density at radius 3 is 2.47 bits per heavy atom. The number of aromatic amines is 1. The van der Waals surface area contributed by atoms with Crippen LogP contribution in [0, 0.1) is 0 Å². The molecule has 0 saturated heterocycles. The zero-order valence-corrected chi connectivity index (χ0v) is 10.4. The van der Waals surface area contributed by atoms with Crippen molar-refractivity contribution in [1.82, 2.24) is 9.97 Å². The molecule has 90 valence electrons. The maximum atomic E-state index is 6.08. The van der Waals surface area contributed by atoms with Crippen LogP contribution in [-0.2, 0) is 6.42 Å². The van der Waals surface area contributed by atoms with Gasteiger partial charge in [0.15, 0.2) is 0 Å². The lowest BCUT2D eigenvalue weighted by molar-refractivity contribution is 0.677. The fraction of sp³-hybridized carbons (Fsp3) is 0.357. The summed E-state index contributed by atoms with van der Waals surface area (Å²) < 4.78 is 0. The largest absolute Gasteiger partial charge is 0.347 e. The van der Waals surface area contributed by atoms with Gasteiger partial charge in [0.25, 0.3) is 0 Å². The highest BCUT2D eigenvalue weighted by molar-refractivity contribution is 5.25. The van der Waals surface area contributed by atoms with Crippen LogP contribution in [-0.4, -0.2) is 9.97 Å². The van der Waals surface area contributed by atoms with Crippen molar-refractivity contribution >= 4 is 0 Å². The van der Waals surface area contributed by atoms with Crippen molar-refractivity contribution in [2.45, 2.75) is 32.2 Å². The molecule has 0 bridgehead atoms. The van der Waals surface area contributed by atoms with E-state index in [9.17, 15) is 0 Å². The third-order valence-electron chi connectivity index (χ3n) is 2.97. The van der Waals surface area contributed by atoms with Crippen molar-refractivity contribution in [2.75, 3.05) is 0 Å². The van der Waals surface area contributed by atoms with Gasteiger partial charge in [-0.05, 0) is 23.5 Å². The van der Waals surface area contributed by atoms with Crippen LogP contribution in [0.5, 0.6) is 0 Å². The molecule has 1 unspecified atom stereocenters. The van der Waals surface area contributed by atoms with E-state index in [0.717, 1.165) is 12.2 Å². The molecule has 0 fully saturated rings. The first kappa shape index (κ1) is 11.9. The van der Waals surface area contributed by atoms with E-state index in [1.165, 1.54) is 11.1 Å². The summed E-state index contributed by atoms with van der Waals surface area (Å²) in [4.78, 5) is 7.23. The maximum Gasteiger partial charge on any atom is 0.123 e. The van der Waals surface area contributed by atoms with E-state index in [2.05, 4.69) is 48.1 Å². The van der Waals surface area contributed by atoms with Crippen molar-refractivity contribution in [3.63, 3.8) is 0 Å². The van der Waals surface area contributed by atoms with Gasteiger partial charge in [0.2, 0.25) is 0 Å². The highest BCUT2D eigenvalue weighted by Gasteiger charge is 2.09. The molecule has 2 rings (SSSR count). The van der Waals surface area contributed by atoms with E-state index >= 15 is 0 Å². The standard InChI is InChI=1S/C14H19N3/c1-10(2)12-5-3-11(4-6-12)9-13(15)14-16-7-8-17-14/h3-8,10,13H,9,15H2,1-2H3,(H,16,17). The number of benzene rings is 1. The molecule has 17 heavy (non-hydrogen) atoms. The summed E-state index contributed by atoms with van der Waals surface area (Å²) in [5.41, 5.74) is 8.69. The van der Waals surface area contributed by atoms with Crippen molar-refractivity contribution in [3.8, 4) is 0 Å². The van der Waals surface area contributed by atoms with Crippen LogP contribution in [0.2, 0.25) is 0 Å². The highest BCUT2D eigenvalue weighted by atomic mass is 14.9. The van der Waals surface area contributed by atoms with E-state index in [-0.39, 0.29) is 6.04 Å². The Morgan fingerprint density at radius 2 is 1.94 bits per heavy atom. The fourth-order valence-corrected chi connectivity index (χ4v) is 1.87. The van der Waals surface area contributed by atoms with Gasteiger partial charge < -0.3 is 10.7 Å². The highest BCUT2D eigenvalue weighted by Crippen LogP contribution is 2.17. The third-order valence-corrected chi connectivity index (χ3v) is 2.97. The van der Waals surface area contributed by atoms with Crippen molar-refractivity contribution in [3.05, 3.63) is 53.6 Å². The normalized spacial score (nSPS) is 12.9. The van der Waals surface area contributed by atoms with Crippen LogP contribution >= 0.6 is 0 Å². The molecule has 3 nitrogen and oxygen atoms in total. The molecule has 0 amide bonds. The van der Waals surface area contributed by atoms with Crippen LogP contribution in [0.25, 0.3) is 0 Å². The molecular weight excluding hydrogens is 210 g/mol. The first-order valence-corrected chi connectivity index (χ1v) is 6.00. The number of nitrogens with zero attached hydrogens (tertiary/aromatic N) is 1. The van der Waals surface area contributed by atoms with Crippen LogP contribution in [0.1, 0.15) is 42.8 Å². The average molecular weight is 229 g/mol. The van der Waals surface area contributed by atoms with E-state index in [1.54, 1.807) is 12.4 Å². The predicted molar refractivity (Wildman–Crippen MR) is 69.8 cm³/mol. The molecule has 0 aliphatic heterocycles. The van der Waals surface area contributed by atoms with Crippen LogP contribution in [0.3, 0.4) is 0 Å². The molecule has 0 radical (unpaired) electrons. The zero-order valence-electron chi connectivity index (χ0n) is 10.4. The summed E-state index contributed by atoms with van der Waals surface area (Å²) in [6.07, 6.45) is 4.35. The molecular formula is C14H19N3.